The Balaban J connectivity index is 1.64. The van der Waals surface area contributed by atoms with E-state index in [1.54, 1.807) is 35.1 Å². The zero-order chi connectivity index (χ0) is 18.0. The zero-order valence-corrected chi connectivity index (χ0v) is 13.2. The number of carbonyl (C=O) groups excluding carboxylic acids is 1. The van der Waals surface area contributed by atoms with Gasteiger partial charge in [0.05, 0.1) is 5.56 Å². The summed E-state index contributed by atoms with van der Waals surface area (Å²) in [5.74, 6) is -0.294. The summed E-state index contributed by atoms with van der Waals surface area (Å²) >= 11 is 0. The van der Waals surface area contributed by atoms with E-state index in [1.807, 2.05) is 0 Å². The number of fused-ring (bicyclic) bond motifs is 1. The number of rotatable bonds is 4. The second-order valence-corrected chi connectivity index (χ2v) is 5.42. The molecule has 9 heteroatoms. The molecule has 1 amide bonds. The largest absolute Gasteiger partial charge is 0.433 e. The molecule has 0 aliphatic heterocycles. The standard InChI is InChI=1S/C16H14F3N5O/c1-10-8-12(16(17,18)19)23-13(22-10)4-5-21-15(25)11-2-3-14-20-6-7-24(14)9-11/h2-3,6-9H,4-5H2,1H3,(H,21,25). The van der Waals surface area contributed by atoms with E-state index in [1.165, 1.54) is 6.92 Å². The lowest BCUT2D eigenvalue weighted by molar-refractivity contribution is -0.141. The van der Waals surface area contributed by atoms with Gasteiger partial charge in [0.15, 0.2) is 0 Å². The fourth-order valence-electron chi connectivity index (χ4n) is 2.33. The fraction of sp³-hybridized carbons (Fsp3) is 0.250. The summed E-state index contributed by atoms with van der Waals surface area (Å²) in [6, 6.07) is 4.22. The van der Waals surface area contributed by atoms with Crippen molar-refractivity contribution >= 4 is 11.6 Å². The molecule has 0 saturated heterocycles. The van der Waals surface area contributed by atoms with Gasteiger partial charge in [0.1, 0.15) is 17.2 Å². The Bertz CT molecular complexity index is 920. The van der Waals surface area contributed by atoms with E-state index in [4.69, 9.17) is 0 Å². The smallest absolute Gasteiger partial charge is 0.352 e. The van der Waals surface area contributed by atoms with Crippen LogP contribution in [0.15, 0.2) is 36.8 Å². The molecule has 6 nitrogen and oxygen atoms in total. The average molecular weight is 349 g/mol. The van der Waals surface area contributed by atoms with Crippen molar-refractivity contribution < 1.29 is 18.0 Å². The highest BCUT2D eigenvalue weighted by molar-refractivity contribution is 5.94. The number of aromatic nitrogens is 4. The van der Waals surface area contributed by atoms with Gasteiger partial charge in [-0.25, -0.2) is 15.0 Å². The highest BCUT2D eigenvalue weighted by atomic mass is 19.4. The van der Waals surface area contributed by atoms with Crippen LogP contribution in [0.5, 0.6) is 0 Å². The van der Waals surface area contributed by atoms with Crippen LogP contribution in [0.4, 0.5) is 13.2 Å². The van der Waals surface area contributed by atoms with E-state index in [9.17, 15) is 18.0 Å². The number of imidazole rings is 1. The summed E-state index contributed by atoms with van der Waals surface area (Å²) in [4.78, 5) is 23.7. The highest BCUT2D eigenvalue weighted by Crippen LogP contribution is 2.27. The minimum atomic E-state index is -4.52. The number of amides is 1. The van der Waals surface area contributed by atoms with Crippen molar-refractivity contribution in [3.8, 4) is 0 Å². The van der Waals surface area contributed by atoms with Crippen molar-refractivity contribution in [3.63, 3.8) is 0 Å². The number of nitrogens with zero attached hydrogens (tertiary/aromatic N) is 4. The number of alkyl halides is 3. The molecule has 0 bridgehead atoms. The topological polar surface area (TPSA) is 72.2 Å². The van der Waals surface area contributed by atoms with Gasteiger partial charge >= 0.3 is 6.18 Å². The molecule has 3 rings (SSSR count). The molecule has 0 aromatic carbocycles. The summed E-state index contributed by atoms with van der Waals surface area (Å²) in [6.45, 7) is 1.60. The number of carbonyl (C=O) groups is 1. The number of hydrogen-bond acceptors (Lipinski definition) is 4. The first kappa shape index (κ1) is 16.9. The lowest BCUT2D eigenvalue weighted by Gasteiger charge is -2.09. The van der Waals surface area contributed by atoms with Crippen LogP contribution in [0.1, 0.15) is 27.6 Å². The van der Waals surface area contributed by atoms with Crippen LogP contribution in [0.2, 0.25) is 0 Å². The number of nitrogens with one attached hydrogen (secondary N) is 1. The van der Waals surface area contributed by atoms with E-state index in [0.29, 0.717) is 11.2 Å². The lowest BCUT2D eigenvalue weighted by Crippen LogP contribution is -2.26. The van der Waals surface area contributed by atoms with Crippen molar-refractivity contribution in [2.45, 2.75) is 19.5 Å². The normalized spacial score (nSPS) is 11.7. The quantitative estimate of drug-likeness (QED) is 0.785. The summed E-state index contributed by atoms with van der Waals surface area (Å²) in [7, 11) is 0. The first-order valence-electron chi connectivity index (χ1n) is 7.45. The molecule has 0 radical (unpaired) electrons. The predicted octanol–water partition coefficient (Wildman–Crippen LogP) is 2.42. The van der Waals surface area contributed by atoms with E-state index in [2.05, 4.69) is 20.3 Å². The highest BCUT2D eigenvalue weighted by Gasteiger charge is 2.33. The van der Waals surface area contributed by atoms with Crippen molar-refractivity contribution in [1.29, 1.82) is 0 Å². The first-order valence-corrected chi connectivity index (χ1v) is 7.45. The summed E-state index contributed by atoms with van der Waals surface area (Å²) in [5, 5.41) is 2.65. The van der Waals surface area contributed by atoms with Crippen LogP contribution in [0.25, 0.3) is 5.65 Å². The van der Waals surface area contributed by atoms with Crippen LogP contribution in [0.3, 0.4) is 0 Å². The average Bonchev–Trinajstić information content (AvgIpc) is 3.01. The van der Waals surface area contributed by atoms with Crippen LogP contribution >= 0.6 is 0 Å². The molecule has 3 aromatic heterocycles. The maximum Gasteiger partial charge on any atom is 0.433 e. The third-order valence-corrected chi connectivity index (χ3v) is 3.48. The molecule has 0 atom stereocenters. The Kier molecular flexibility index (Phi) is 4.39. The number of aryl methyl sites for hydroxylation is 1. The Hall–Kier alpha value is -2.97. The molecule has 3 heterocycles. The van der Waals surface area contributed by atoms with Crippen LogP contribution < -0.4 is 5.32 Å². The Labute approximate surface area is 140 Å². The molecular weight excluding hydrogens is 335 g/mol. The third-order valence-electron chi connectivity index (χ3n) is 3.48. The van der Waals surface area contributed by atoms with Gasteiger partial charge < -0.3 is 9.72 Å². The van der Waals surface area contributed by atoms with Gasteiger partial charge in [-0.2, -0.15) is 13.2 Å². The van der Waals surface area contributed by atoms with Gasteiger partial charge in [0.2, 0.25) is 0 Å². The van der Waals surface area contributed by atoms with E-state index >= 15 is 0 Å². The molecule has 130 valence electrons. The van der Waals surface area contributed by atoms with Crippen LogP contribution in [-0.4, -0.2) is 31.8 Å². The Morgan fingerprint density at radius 2 is 2.08 bits per heavy atom. The molecule has 0 aliphatic carbocycles. The predicted molar refractivity (Wildman–Crippen MR) is 83.0 cm³/mol. The van der Waals surface area contributed by atoms with E-state index in [0.717, 1.165) is 6.07 Å². The number of halogens is 3. The van der Waals surface area contributed by atoms with Gasteiger partial charge in [0, 0.05) is 37.3 Å². The molecule has 1 N–H and O–H groups in total. The summed E-state index contributed by atoms with van der Waals surface area (Å²) < 4.78 is 40.0. The minimum Gasteiger partial charge on any atom is -0.352 e. The van der Waals surface area contributed by atoms with Gasteiger partial charge in [-0.15, -0.1) is 0 Å². The fourth-order valence-corrected chi connectivity index (χ4v) is 2.33. The van der Waals surface area contributed by atoms with E-state index in [-0.39, 0.29) is 30.4 Å². The van der Waals surface area contributed by atoms with Gasteiger partial charge in [-0.05, 0) is 25.1 Å². The SMILES string of the molecule is Cc1cc(C(F)(F)F)nc(CCNC(=O)c2ccc3nccn3c2)n1. The molecule has 0 aliphatic rings. The zero-order valence-electron chi connectivity index (χ0n) is 13.2. The number of hydrogen-bond donors (Lipinski definition) is 1. The van der Waals surface area contributed by atoms with Crippen molar-refractivity contribution in [3.05, 3.63) is 59.6 Å². The third kappa shape index (κ3) is 3.93. The molecule has 0 spiro atoms. The molecule has 0 saturated carbocycles. The van der Waals surface area contributed by atoms with Crippen molar-refractivity contribution in [1.82, 2.24) is 24.7 Å². The summed E-state index contributed by atoms with van der Waals surface area (Å²) in [6.07, 6.45) is 0.536. The van der Waals surface area contributed by atoms with Gasteiger partial charge in [-0.1, -0.05) is 0 Å². The van der Waals surface area contributed by atoms with Crippen LogP contribution in [0, 0.1) is 6.92 Å². The van der Waals surface area contributed by atoms with Crippen molar-refractivity contribution in [2.75, 3.05) is 6.54 Å². The second-order valence-electron chi connectivity index (χ2n) is 5.42. The van der Waals surface area contributed by atoms with Crippen LogP contribution in [-0.2, 0) is 12.6 Å². The Morgan fingerprint density at radius 1 is 1.28 bits per heavy atom. The second kappa shape index (κ2) is 6.50. The minimum absolute atomic E-state index is 0.0395. The number of pyridine rings is 1. The lowest BCUT2D eigenvalue weighted by atomic mass is 10.2. The first-order chi connectivity index (χ1) is 11.8. The molecular formula is C16H14F3N5O. The summed E-state index contributed by atoms with van der Waals surface area (Å²) in [5.41, 5.74) is 0.386. The molecule has 0 fully saturated rings. The van der Waals surface area contributed by atoms with Gasteiger partial charge in [0.25, 0.3) is 5.91 Å². The van der Waals surface area contributed by atoms with E-state index < -0.39 is 11.9 Å². The monoisotopic (exact) mass is 349 g/mol. The molecule has 25 heavy (non-hydrogen) atoms. The van der Waals surface area contributed by atoms with Crippen molar-refractivity contribution in [2.24, 2.45) is 0 Å². The maximum absolute atomic E-state index is 12.8. The molecule has 0 unspecified atom stereocenters. The maximum atomic E-state index is 12.8. The van der Waals surface area contributed by atoms with Gasteiger partial charge in [-0.3, -0.25) is 4.79 Å². The Morgan fingerprint density at radius 3 is 2.84 bits per heavy atom. The molecule has 3 aromatic rings.